The van der Waals surface area contributed by atoms with Crippen LogP contribution in [-0.2, 0) is 12.8 Å². The lowest BCUT2D eigenvalue weighted by Gasteiger charge is -2.04. The number of hydrogen-bond acceptors (Lipinski definition) is 0. The van der Waals surface area contributed by atoms with E-state index in [1.807, 2.05) is 0 Å². The van der Waals surface area contributed by atoms with Crippen molar-refractivity contribution in [1.82, 2.24) is 0 Å². The smallest absolute Gasteiger partial charge is 0.0255 e. The molecule has 138 valence electrons. The van der Waals surface area contributed by atoms with Gasteiger partial charge in [0.2, 0.25) is 0 Å². The van der Waals surface area contributed by atoms with Crippen LogP contribution >= 0.6 is 0 Å². The number of aryl methyl sites for hydroxylation is 2. The zero-order chi connectivity index (χ0) is 18.9. The van der Waals surface area contributed by atoms with Gasteiger partial charge in [-0.1, -0.05) is 81.3 Å². The van der Waals surface area contributed by atoms with Gasteiger partial charge in [-0.15, -0.1) is 0 Å². The quantitative estimate of drug-likeness (QED) is 0.308. The van der Waals surface area contributed by atoms with Crippen molar-refractivity contribution in [3.8, 4) is 11.8 Å². The average Bonchev–Trinajstić information content (AvgIpc) is 2.71. The van der Waals surface area contributed by atoms with E-state index in [4.69, 9.17) is 0 Å². The summed E-state index contributed by atoms with van der Waals surface area (Å²) in [6.07, 6.45) is 8.70. The van der Waals surface area contributed by atoms with Gasteiger partial charge in [-0.25, -0.2) is 0 Å². The minimum absolute atomic E-state index is 1.08. The highest BCUT2D eigenvalue weighted by molar-refractivity contribution is 5.84. The van der Waals surface area contributed by atoms with Crippen LogP contribution in [0.25, 0.3) is 10.8 Å². The summed E-state index contributed by atoms with van der Waals surface area (Å²) in [5.41, 5.74) is 5.01. The third kappa shape index (κ3) is 5.73. The molecule has 0 nitrogen and oxygen atoms in total. The number of fused-ring (bicyclic) bond motifs is 1. The third-order valence-electron chi connectivity index (χ3n) is 5.10. The van der Waals surface area contributed by atoms with Crippen molar-refractivity contribution in [2.75, 3.05) is 0 Å². The van der Waals surface area contributed by atoms with Gasteiger partial charge in [-0.05, 0) is 71.8 Å². The monoisotopic (exact) mass is 354 g/mol. The maximum Gasteiger partial charge on any atom is 0.0255 e. The van der Waals surface area contributed by atoms with Gasteiger partial charge in [-0.3, -0.25) is 0 Å². The summed E-state index contributed by atoms with van der Waals surface area (Å²) in [4.78, 5) is 0. The van der Waals surface area contributed by atoms with E-state index in [1.165, 1.54) is 66.8 Å². The van der Waals surface area contributed by atoms with Gasteiger partial charge in [-0.2, -0.15) is 0 Å². The summed E-state index contributed by atoms with van der Waals surface area (Å²) < 4.78 is 0. The van der Waals surface area contributed by atoms with Gasteiger partial charge in [0.1, 0.15) is 0 Å². The second kappa shape index (κ2) is 9.98. The first-order valence-corrected chi connectivity index (χ1v) is 10.4. The maximum absolute atomic E-state index is 3.32. The molecule has 0 aliphatic heterocycles. The molecule has 0 unspecified atom stereocenters. The molecule has 0 amide bonds. The Labute approximate surface area is 164 Å². The Hall–Kier alpha value is -2.52. The molecule has 0 saturated carbocycles. The number of benzene rings is 3. The van der Waals surface area contributed by atoms with Crippen LogP contribution in [0.2, 0.25) is 0 Å². The standard InChI is InChI=1S/C27H30/c1-3-5-7-9-22-10-12-23(13-11-22)14-15-25-17-19-26-20-24(8-6-4-2)16-18-27(26)21-25/h10-13,16-21H,3-9H2,1-2H3. The molecule has 3 rings (SSSR count). The highest BCUT2D eigenvalue weighted by Crippen LogP contribution is 2.19. The van der Waals surface area contributed by atoms with Gasteiger partial charge in [0.05, 0.1) is 0 Å². The van der Waals surface area contributed by atoms with E-state index >= 15 is 0 Å². The molecule has 3 aromatic rings. The predicted octanol–water partition coefficient (Wildman–Crippen LogP) is 7.31. The largest absolute Gasteiger partial charge is 0.0654 e. The summed E-state index contributed by atoms with van der Waals surface area (Å²) in [6, 6.07) is 22.1. The lowest BCUT2D eigenvalue weighted by atomic mass is 10.0. The molecule has 0 fully saturated rings. The summed E-state index contributed by atoms with van der Waals surface area (Å²) in [7, 11) is 0. The first-order valence-electron chi connectivity index (χ1n) is 10.4. The summed E-state index contributed by atoms with van der Waals surface area (Å²) >= 11 is 0. The first kappa shape index (κ1) is 19.2. The van der Waals surface area contributed by atoms with E-state index in [1.54, 1.807) is 0 Å². The van der Waals surface area contributed by atoms with Crippen molar-refractivity contribution < 1.29 is 0 Å². The molecule has 0 bridgehead atoms. The van der Waals surface area contributed by atoms with Crippen molar-refractivity contribution >= 4 is 10.8 Å². The summed E-state index contributed by atoms with van der Waals surface area (Å²) in [5, 5.41) is 2.58. The van der Waals surface area contributed by atoms with Crippen molar-refractivity contribution in [1.29, 1.82) is 0 Å². The molecular formula is C27H30. The van der Waals surface area contributed by atoms with Gasteiger partial charge >= 0.3 is 0 Å². The van der Waals surface area contributed by atoms with Crippen LogP contribution in [-0.4, -0.2) is 0 Å². The van der Waals surface area contributed by atoms with Crippen LogP contribution in [0.3, 0.4) is 0 Å². The topological polar surface area (TPSA) is 0 Å². The molecule has 0 atom stereocenters. The lowest BCUT2D eigenvalue weighted by Crippen LogP contribution is -1.86. The normalized spacial score (nSPS) is 10.6. The van der Waals surface area contributed by atoms with E-state index < -0.39 is 0 Å². The summed E-state index contributed by atoms with van der Waals surface area (Å²) in [6.45, 7) is 4.49. The van der Waals surface area contributed by atoms with Gasteiger partial charge < -0.3 is 0 Å². The lowest BCUT2D eigenvalue weighted by molar-refractivity contribution is 0.717. The molecule has 0 radical (unpaired) electrons. The maximum atomic E-state index is 3.32. The third-order valence-corrected chi connectivity index (χ3v) is 5.10. The zero-order valence-corrected chi connectivity index (χ0v) is 16.7. The molecule has 27 heavy (non-hydrogen) atoms. The Morgan fingerprint density at radius 2 is 1.15 bits per heavy atom. The molecule has 0 saturated heterocycles. The molecule has 0 aliphatic rings. The van der Waals surface area contributed by atoms with Crippen LogP contribution in [0, 0.1) is 11.8 Å². The number of unbranched alkanes of at least 4 members (excludes halogenated alkanes) is 3. The van der Waals surface area contributed by atoms with Crippen molar-refractivity contribution in [3.05, 3.63) is 82.9 Å². The van der Waals surface area contributed by atoms with Crippen LogP contribution in [0.1, 0.15) is 68.2 Å². The molecule has 0 heterocycles. The average molecular weight is 355 g/mol. The van der Waals surface area contributed by atoms with Crippen LogP contribution in [0.5, 0.6) is 0 Å². The molecule has 3 aromatic carbocycles. The highest BCUT2D eigenvalue weighted by atomic mass is 14.0. The van der Waals surface area contributed by atoms with Crippen molar-refractivity contribution in [2.24, 2.45) is 0 Å². The Morgan fingerprint density at radius 1 is 0.556 bits per heavy atom. The first-order chi connectivity index (χ1) is 13.3. The molecule has 0 aliphatic carbocycles. The van der Waals surface area contributed by atoms with Crippen molar-refractivity contribution in [3.63, 3.8) is 0 Å². The minimum atomic E-state index is 1.08. The van der Waals surface area contributed by atoms with Crippen LogP contribution in [0.15, 0.2) is 60.7 Å². The Kier molecular flexibility index (Phi) is 7.11. The summed E-state index contributed by atoms with van der Waals surface area (Å²) in [5.74, 6) is 6.63. The molecule has 0 aromatic heterocycles. The highest BCUT2D eigenvalue weighted by Gasteiger charge is 1.98. The number of rotatable bonds is 7. The Bertz CT molecular complexity index is 920. The van der Waals surface area contributed by atoms with E-state index in [9.17, 15) is 0 Å². The fraction of sp³-hybridized carbons (Fsp3) is 0.333. The molecular weight excluding hydrogens is 324 g/mol. The second-order valence-electron chi connectivity index (χ2n) is 7.40. The zero-order valence-electron chi connectivity index (χ0n) is 16.7. The van der Waals surface area contributed by atoms with Gasteiger partial charge in [0.25, 0.3) is 0 Å². The predicted molar refractivity (Wildman–Crippen MR) is 118 cm³/mol. The Balaban J connectivity index is 1.69. The molecule has 0 heteroatoms. The van der Waals surface area contributed by atoms with E-state index in [2.05, 4.69) is 86.4 Å². The van der Waals surface area contributed by atoms with E-state index in [0.29, 0.717) is 0 Å². The van der Waals surface area contributed by atoms with Crippen LogP contribution < -0.4 is 0 Å². The minimum Gasteiger partial charge on any atom is -0.0654 e. The van der Waals surface area contributed by atoms with Crippen LogP contribution in [0.4, 0.5) is 0 Å². The van der Waals surface area contributed by atoms with Gasteiger partial charge in [0, 0.05) is 11.1 Å². The van der Waals surface area contributed by atoms with E-state index in [-0.39, 0.29) is 0 Å². The molecule has 0 N–H and O–H groups in total. The Morgan fingerprint density at radius 3 is 1.93 bits per heavy atom. The van der Waals surface area contributed by atoms with Gasteiger partial charge in [0.15, 0.2) is 0 Å². The van der Waals surface area contributed by atoms with E-state index in [0.717, 1.165) is 11.1 Å². The second-order valence-corrected chi connectivity index (χ2v) is 7.40. The fourth-order valence-corrected chi connectivity index (χ4v) is 3.39. The fourth-order valence-electron chi connectivity index (χ4n) is 3.39. The van der Waals surface area contributed by atoms with Crippen molar-refractivity contribution in [2.45, 2.75) is 58.8 Å². The SMILES string of the molecule is CCCCCc1ccc(C#Cc2ccc3cc(CCCC)ccc3c2)cc1. The molecule has 0 spiro atoms. The number of hydrogen-bond donors (Lipinski definition) is 0.